The monoisotopic (exact) mass is 340 g/mol. The summed E-state index contributed by atoms with van der Waals surface area (Å²) in [5.41, 5.74) is 2.61. The highest BCUT2D eigenvalue weighted by Gasteiger charge is 2.21. The Labute approximate surface area is 137 Å². The molecule has 128 valence electrons. The molecule has 1 aliphatic heterocycles. The molecule has 23 heavy (non-hydrogen) atoms. The minimum absolute atomic E-state index is 0.0862. The van der Waals surface area contributed by atoms with Crippen LogP contribution in [0.2, 0.25) is 0 Å². The van der Waals surface area contributed by atoms with Crippen molar-refractivity contribution in [3.8, 4) is 0 Å². The number of rotatable bonds is 7. The Bertz CT molecular complexity index is 637. The average molecular weight is 340 g/mol. The van der Waals surface area contributed by atoms with E-state index in [-0.39, 0.29) is 5.75 Å². The Hall–Kier alpha value is -1.44. The quantitative estimate of drug-likeness (QED) is 0.784. The van der Waals surface area contributed by atoms with Gasteiger partial charge in [-0.2, -0.15) is 0 Å². The lowest BCUT2D eigenvalue weighted by molar-refractivity contribution is -0.134. The van der Waals surface area contributed by atoms with Crippen molar-refractivity contribution in [1.82, 2.24) is 9.80 Å². The molecule has 7 heteroatoms. The van der Waals surface area contributed by atoms with Gasteiger partial charge in [0, 0.05) is 39.3 Å². The molecular formula is C16H24N2O4S. The van der Waals surface area contributed by atoms with Crippen molar-refractivity contribution in [1.29, 1.82) is 0 Å². The summed E-state index contributed by atoms with van der Waals surface area (Å²) in [7, 11) is -3.50. The van der Waals surface area contributed by atoms with Crippen LogP contribution in [0.1, 0.15) is 11.1 Å². The highest BCUT2D eigenvalue weighted by atomic mass is 32.2. The minimum Gasteiger partial charge on any atom is -0.480 e. The second-order valence-corrected chi connectivity index (χ2v) is 8.21. The maximum absolute atomic E-state index is 11.6. The number of sulfone groups is 1. The zero-order valence-corrected chi connectivity index (χ0v) is 14.3. The molecule has 1 N–H and O–H groups in total. The van der Waals surface area contributed by atoms with Crippen LogP contribution in [0.5, 0.6) is 0 Å². The molecule has 0 amide bonds. The van der Waals surface area contributed by atoms with Crippen LogP contribution in [-0.4, -0.2) is 73.5 Å². The molecule has 1 aromatic rings. The summed E-state index contributed by atoms with van der Waals surface area (Å²) in [5.74, 6) is -2.15. The smallest absolute Gasteiger partial charge is 0.318 e. The molecule has 0 bridgehead atoms. The van der Waals surface area contributed by atoms with E-state index in [0.29, 0.717) is 6.54 Å². The van der Waals surface area contributed by atoms with Gasteiger partial charge in [-0.3, -0.25) is 14.6 Å². The molecule has 1 aliphatic rings. The van der Waals surface area contributed by atoms with Gasteiger partial charge < -0.3 is 5.11 Å². The largest absolute Gasteiger partial charge is 0.480 e. The van der Waals surface area contributed by atoms with Crippen LogP contribution in [0.3, 0.4) is 0 Å². The first kappa shape index (κ1) is 17.9. The molecule has 0 radical (unpaired) electrons. The highest BCUT2D eigenvalue weighted by Crippen LogP contribution is 2.12. The summed E-state index contributed by atoms with van der Waals surface area (Å²) < 4.78 is 23.2. The van der Waals surface area contributed by atoms with E-state index in [1.165, 1.54) is 11.1 Å². The Morgan fingerprint density at radius 2 is 1.74 bits per heavy atom. The summed E-state index contributed by atoms with van der Waals surface area (Å²) in [5, 5.41) is 8.58. The van der Waals surface area contributed by atoms with Gasteiger partial charge in [-0.25, -0.2) is 8.42 Å². The summed E-state index contributed by atoms with van der Waals surface area (Å²) in [6.45, 7) is 6.86. The fourth-order valence-corrected chi connectivity index (χ4v) is 3.78. The number of hydrogen-bond donors (Lipinski definition) is 1. The zero-order valence-electron chi connectivity index (χ0n) is 13.4. The number of aliphatic carboxylic acids is 1. The molecule has 6 nitrogen and oxygen atoms in total. The Balaban J connectivity index is 1.76. The van der Waals surface area contributed by atoms with E-state index in [2.05, 4.69) is 28.9 Å². The van der Waals surface area contributed by atoms with E-state index in [0.717, 1.165) is 32.7 Å². The number of carboxylic acids is 1. The molecule has 0 saturated carbocycles. The van der Waals surface area contributed by atoms with Gasteiger partial charge in [-0.05, 0) is 18.1 Å². The summed E-state index contributed by atoms with van der Waals surface area (Å²) >= 11 is 0. The van der Waals surface area contributed by atoms with Crippen molar-refractivity contribution >= 4 is 15.8 Å². The number of hydrogen-bond acceptors (Lipinski definition) is 5. The van der Waals surface area contributed by atoms with Gasteiger partial charge in [0.1, 0.15) is 5.75 Å². The average Bonchev–Trinajstić information content (AvgIpc) is 2.48. The summed E-state index contributed by atoms with van der Waals surface area (Å²) in [6.07, 6.45) is 0. The molecule has 0 aromatic heterocycles. The van der Waals surface area contributed by atoms with E-state index in [9.17, 15) is 13.2 Å². The predicted octanol–water partition coefficient (Wildman–Crippen LogP) is 0.612. The van der Waals surface area contributed by atoms with Crippen molar-refractivity contribution in [2.75, 3.05) is 44.2 Å². The van der Waals surface area contributed by atoms with Crippen molar-refractivity contribution in [3.05, 3.63) is 35.4 Å². The Morgan fingerprint density at radius 3 is 2.35 bits per heavy atom. The molecule has 1 heterocycles. The number of benzene rings is 1. The molecule has 1 saturated heterocycles. The van der Waals surface area contributed by atoms with E-state index in [4.69, 9.17) is 5.11 Å². The Morgan fingerprint density at radius 1 is 1.13 bits per heavy atom. The number of nitrogens with zero attached hydrogens (tertiary/aromatic N) is 2. The lowest BCUT2D eigenvalue weighted by Crippen LogP contribution is -2.47. The van der Waals surface area contributed by atoms with E-state index in [1.807, 2.05) is 12.1 Å². The maximum atomic E-state index is 11.6. The number of carboxylic acid groups (broad SMARTS) is 1. The highest BCUT2D eigenvalue weighted by molar-refractivity contribution is 7.92. The van der Waals surface area contributed by atoms with E-state index in [1.54, 1.807) is 0 Å². The van der Waals surface area contributed by atoms with Crippen LogP contribution >= 0.6 is 0 Å². The predicted molar refractivity (Wildman–Crippen MR) is 89.2 cm³/mol. The Kier molecular flexibility index (Phi) is 6.15. The molecule has 1 aromatic carbocycles. The zero-order chi connectivity index (χ0) is 16.9. The topological polar surface area (TPSA) is 77.9 Å². The van der Waals surface area contributed by atoms with Crippen LogP contribution in [0.15, 0.2) is 24.3 Å². The molecule has 1 fully saturated rings. The first-order valence-electron chi connectivity index (χ1n) is 7.77. The number of carbonyl (C=O) groups is 1. The summed E-state index contributed by atoms with van der Waals surface area (Å²) in [6, 6.07) is 8.33. The van der Waals surface area contributed by atoms with Crippen molar-refractivity contribution < 1.29 is 18.3 Å². The maximum Gasteiger partial charge on any atom is 0.318 e. The number of piperazine rings is 1. The van der Waals surface area contributed by atoms with Crippen LogP contribution in [0.4, 0.5) is 0 Å². The lowest BCUT2D eigenvalue weighted by atomic mass is 10.1. The van der Waals surface area contributed by atoms with E-state index < -0.39 is 21.6 Å². The van der Waals surface area contributed by atoms with Crippen molar-refractivity contribution in [2.45, 2.75) is 13.5 Å². The van der Waals surface area contributed by atoms with Crippen molar-refractivity contribution in [2.24, 2.45) is 0 Å². The van der Waals surface area contributed by atoms with E-state index >= 15 is 0 Å². The third kappa shape index (κ3) is 5.93. The van der Waals surface area contributed by atoms with Gasteiger partial charge in [0.2, 0.25) is 0 Å². The summed E-state index contributed by atoms with van der Waals surface area (Å²) in [4.78, 5) is 15.0. The third-order valence-corrected chi connectivity index (χ3v) is 5.67. The molecule has 0 aliphatic carbocycles. The van der Waals surface area contributed by atoms with Gasteiger partial charge in [0.15, 0.2) is 9.84 Å². The van der Waals surface area contributed by atoms with Gasteiger partial charge in [0.05, 0.1) is 5.75 Å². The van der Waals surface area contributed by atoms with Gasteiger partial charge in [-0.15, -0.1) is 0 Å². The van der Waals surface area contributed by atoms with Crippen LogP contribution in [-0.2, 0) is 21.2 Å². The van der Waals surface area contributed by atoms with Gasteiger partial charge in [-0.1, -0.05) is 24.3 Å². The minimum atomic E-state index is -3.50. The fraction of sp³-hybridized carbons (Fsp3) is 0.562. The molecule has 0 atom stereocenters. The third-order valence-electron chi connectivity index (χ3n) is 4.18. The molecule has 0 spiro atoms. The second kappa shape index (κ2) is 7.90. The molecule has 0 unspecified atom stereocenters. The fourth-order valence-electron chi connectivity index (χ4n) is 2.73. The van der Waals surface area contributed by atoms with Crippen molar-refractivity contribution in [3.63, 3.8) is 0 Å². The van der Waals surface area contributed by atoms with Gasteiger partial charge in [0.25, 0.3) is 0 Å². The van der Waals surface area contributed by atoms with Crippen LogP contribution in [0, 0.1) is 6.92 Å². The lowest BCUT2D eigenvalue weighted by Gasteiger charge is -2.34. The van der Waals surface area contributed by atoms with Gasteiger partial charge >= 0.3 is 5.97 Å². The first-order valence-corrected chi connectivity index (χ1v) is 9.59. The SMILES string of the molecule is Cc1ccccc1CN1CCN(CCS(=O)(=O)CC(=O)O)CC1. The molecule has 2 rings (SSSR count). The number of aryl methyl sites for hydroxylation is 1. The van der Waals surface area contributed by atoms with Crippen LogP contribution in [0.25, 0.3) is 0 Å². The first-order chi connectivity index (χ1) is 10.9. The normalized spacial score (nSPS) is 17.3. The standard InChI is InChI=1S/C16H24N2O4S/c1-14-4-2-3-5-15(14)12-18-8-6-17(7-9-18)10-11-23(21,22)13-16(19)20/h2-5H,6-13H2,1H3,(H,19,20). The van der Waals surface area contributed by atoms with Crippen LogP contribution < -0.4 is 0 Å². The molecular weight excluding hydrogens is 316 g/mol. The second-order valence-electron chi connectivity index (χ2n) is 6.03.